The second kappa shape index (κ2) is 5.17. The molecule has 1 aromatic heterocycles. The number of hydrogen-bond acceptors (Lipinski definition) is 2. The van der Waals surface area contributed by atoms with Gasteiger partial charge in [-0.05, 0) is 24.8 Å². The molecule has 0 atom stereocenters. The summed E-state index contributed by atoms with van der Waals surface area (Å²) in [5.41, 5.74) is 0.296. The van der Waals surface area contributed by atoms with Crippen molar-refractivity contribution in [2.45, 2.75) is 25.7 Å². The summed E-state index contributed by atoms with van der Waals surface area (Å²) in [4.78, 5) is 23.2. The van der Waals surface area contributed by atoms with Crippen LogP contribution in [0.2, 0.25) is 0 Å². The lowest BCUT2D eigenvalue weighted by Gasteiger charge is -2.10. The minimum Gasteiger partial charge on any atom is -0.352 e. The molecule has 92 valence electrons. The molecule has 1 N–H and O–H groups in total. The number of aromatic nitrogens is 1. The molecule has 0 bridgehead atoms. The van der Waals surface area contributed by atoms with Gasteiger partial charge in [0.15, 0.2) is 0 Å². The van der Waals surface area contributed by atoms with Gasteiger partial charge in [-0.1, -0.05) is 12.8 Å². The highest BCUT2D eigenvalue weighted by Crippen LogP contribution is 2.23. The number of nitrogens with zero attached hydrogens (tertiary/aromatic N) is 1. The van der Waals surface area contributed by atoms with Crippen molar-refractivity contribution in [2.75, 3.05) is 6.54 Å². The summed E-state index contributed by atoms with van der Waals surface area (Å²) in [7, 11) is 1.67. The molecule has 1 aromatic rings. The van der Waals surface area contributed by atoms with Crippen LogP contribution in [0.15, 0.2) is 23.1 Å². The van der Waals surface area contributed by atoms with Crippen LogP contribution >= 0.6 is 0 Å². The van der Waals surface area contributed by atoms with Crippen molar-refractivity contribution in [3.63, 3.8) is 0 Å². The van der Waals surface area contributed by atoms with Crippen molar-refractivity contribution in [2.24, 2.45) is 13.0 Å². The Hall–Kier alpha value is -1.58. The zero-order chi connectivity index (χ0) is 12.3. The molecule has 4 nitrogen and oxygen atoms in total. The Bertz CT molecular complexity index is 459. The van der Waals surface area contributed by atoms with Gasteiger partial charge in [-0.2, -0.15) is 0 Å². The van der Waals surface area contributed by atoms with E-state index in [-0.39, 0.29) is 11.5 Å². The van der Waals surface area contributed by atoms with E-state index in [9.17, 15) is 9.59 Å². The Balaban J connectivity index is 1.94. The molecule has 0 aromatic carbocycles. The predicted octanol–water partition coefficient (Wildman–Crippen LogP) is 1.31. The second-order valence-electron chi connectivity index (χ2n) is 4.73. The zero-order valence-electron chi connectivity index (χ0n) is 10.1. The Labute approximate surface area is 101 Å². The fourth-order valence-corrected chi connectivity index (χ4v) is 2.24. The SMILES string of the molecule is Cn1ccc(C(=O)NCC2CCCC2)cc1=O. The molecular weight excluding hydrogens is 216 g/mol. The van der Waals surface area contributed by atoms with E-state index in [2.05, 4.69) is 5.32 Å². The first-order chi connectivity index (χ1) is 8.16. The lowest BCUT2D eigenvalue weighted by atomic mass is 10.1. The third-order valence-electron chi connectivity index (χ3n) is 3.39. The van der Waals surface area contributed by atoms with E-state index in [1.807, 2.05) is 0 Å². The van der Waals surface area contributed by atoms with Gasteiger partial charge >= 0.3 is 0 Å². The van der Waals surface area contributed by atoms with Crippen molar-refractivity contribution >= 4 is 5.91 Å². The molecule has 4 heteroatoms. The summed E-state index contributed by atoms with van der Waals surface area (Å²) < 4.78 is 1.45. The number of amides is 1. The standard InChI is InChI=1S/C13H18N2O2/c1-15-7-6-11(8-12(15)16)13(17)14-9-10-4-2-3-5-10/h6-8,10H,2-5,9H2,1H3,(H,14,17). The normalized spacial score (nSPS) is 16.1. The molecule has 1 fully saturated rings. The largest absolute Gasteiger partial charge is 0.352 e. The van der Waals surface area contributed by atoms with Crippen LogP contribution in [-0.2, 0) is 7.05 Å². The molecule has 0 aliphatic heterocycles. The fourth-order valence-electron chi connectivity index (χ4n) is 2.24. The number of aryl methyl sites for hydroxylation is 1. The van der Waals surface area contributed by atoms with Gasteiger partial charge in [0.25, 0.3) is 11.5 Å². The first-order valence-corrected chi connectivity index (χ1v) is 6.11. The smallest absolute Gasteiger partial charge is 0.251 e. The van der Waals surface area contributed by atoms with E-state index < -0.39 is 0 Å². The molecule has 1 heterocycles. The summed E-state index contributed by atoms with van der Waals surface area (Å²) in [6.07, 6.45) is 6.57. The van der Waals surface area contributed by atoms with E-state index in [1.54, 1.807) is 19.3 Å². The Morgan fingerprint density at radius 1 is 1.47 bits per heavy atom. The van der Waals surface area contributed by atoms with E-state index >= 15 is 0 Å². The molecule has 1 saturated carbocycles. The van der Waals surface area contributed by atoms with E-state index in [4.69, 9.17) is 0 Å². The monoisotopic (exact) mass is 234 g/mol. The highest BCUT2D eigenvalue weighted by molar-refractivity contribution is 5.93. The molecule has 1 amide bonds. The number of pyridine rings is 1. The van der Waals surface area contributed by atoms with Gasteiger partial charge in [0.1, 0.15) is 0 Å². The van der Waals surface area contributed by atoms with Gasteiger partial charge in [0.2, 0.25) is 0 Å². The van der Waals surface area contributed by atoms with Crippen molar-refractivity contribution in [1.82, 2.24) is 9.88 Å². The number of rotatable bonds is 3. The van der Waals surface area contributed by atoms with Crippen LogP contribution in [-0.4, -0.2) is 17.0 Å². The maximum Gasteiger partial charge on any atom is 0.251 e. The molecule has 1 aliphatic carbocycles. The highest BCUT2D eigenvalue weighted by Gasteiger charge is 2.16. The molecule has 1 aliphatic rings. The van der Waals surface area contributed by atoms with E-state index in [0.29, 0.717) is 11.5 Å². The highest BCUT2D eigenvalue weighted by atomic mass is 16.2. The minimum absolute atomic E-state index is 0.144. The summed E-state index contributed by atoms with van der Waals surface area (Å²) in [6, 6.07) is 3.05. The van der Waals surface area contributed by atoms with Crippen LogP contribution in [0.3, 0.4) is 0 Å². The average Bonchev–Trinajstić information content (AvgIpc) is 2.82. The summed E-state index contributed by atoms with van der Waals surface area (Å²) in [5.74, 6) is 0.472. The fraction of sp³-hybridized carbons (Fsp3) is 0.538. The number of hydrogen-bond donors (Lipinski definition) is 1. The molecule has 0 spiro atoms. The first kappa shape index (κ1) is 11.9. The van der Waals surface area contributed by atoms with Gasteiger partial charge in [0, 0.05) is 31.4 Å². The Morgan fingerprint density at radius 3 is 2.82 bits per heavy atom. The van der Waals surface area contributed by atoms with Gasteiger partial charge in [-0.25, -0.2) is 0 Å². The van der Waals surface area contributed by atoms with Crippen molar-refractivity contribution < 1.29 is 4.79 Å². The molecule has 17 heavy (non-hydrogen) atoms. The third-order valence-corrected chi connectivity index (χ3v) is 3.39. The van der Waals surface area contributed by atoms with Crippen molar-refractivity contribution in [3.05, 3.63) is 34.2 Å². The summed E-state index contributed by atoms with van der Waals surface area (Å²) >= 11 is 0. The van der Waals surface area contributed by atoms with Gasteiger partial charge in [0.05, 0.1) is 0 Å². The Morgan fingerprint density at radius 2 is 2.18 bits per heavy atom. The predicted molar refractivity (Wildman–Crippen MR) is 66.0 cm³/mol. The topological polar surface area (TPSA) is 51.1 Å². The Kier molecular flexibility index (Phi) is 3.61. The zero-order valence-corrected chi connectivity index (χ0v) is 10.1. The molecule has 0 unspecified atom stereocenters. The van der Waals surface area contributed by atoms with Crippen LogP contribution < -0.4 is 10.9 Å². The molecule has 2 rings (SSSR count). The molecule has 0 saturated heterocycles. The van der Waals surface area contributed by atoms with E-state index in [0.717, 1.165) is 6.54 Å². The second-order valence-corrected chi connectivity index (χ2v) is 4.73. The molecular formula is C13H18N2O2. The number of nitrogens with one attached hydrogen (secondary N) is 1. The molecule has 0 radical (unpaired) electrons. The lowest BCUT2D eigenvalue weighted by Crippen LogP contribution is -2.29. The van der Waals surface area contributed by atoms with Crippen LogP contribution in [0.1, 0.15) is 36.0 Å². The lowest BCUT2D eigenvalue weighted by molar-refractivity contribution is 0.0947. The summed E-state index contributed by atoms with van der Waals surface area (Å²) in [5, 5.41) is 2.90. The quantitative estimate of drug-likeness (QED) is 0.857. The van der Waals surface area contributed by atoms with Crippen LogP contribution in [0.25, 0.3) is 0 Å². The van der Waals surface area contributed by atoms with E-state index in [1.165, 1.54) is 36.3 Å². The average molecular weight is 234 g/mol. The minimum atomic E-state index is -0.154. The number of carbonyl (C=O) groups is 1. The number of carbonyl (C=O) groups excluding carboxylic acids is 1. The first-order valence-electron chi connectivity index (χ1n) is 6.11. The maximum absolute atomic E-state index is 11.8. The van der Waals surface area contributed by atoms with Gasteiger partial charge < -0.3 is 9.88 Å². The van der Waals surface area contributed by atoms with Gasteiger partial charge in [-0.3, -0.25) is 9.59 Å². The van der Waals surface area contributed by atoms with Crippen LogP contribution in [0.5, 0.6) is 0 Å². The van der Waals surface area contributed by atoms with Crippen LogP contribution in [0, 0.1) is 5.92 Å². The maximum atomic E-state index is 11.8. The van der Waals surface area contributed by atoms with Crippen molar-refractivity contribution in [1.29, 1.82) is 0 Å². The van der Waals surface area contributed by atoms with Crippen molar-refractivity contribution in [3.8, 4) is 0 Å². The third kappa shape index (κ3) is 2.96. The summed E-state index contributed by atoms with van der Waals surface area (Å²) in [6.45, 7) is 0.730. The van der Waals surface area contributed by atoms with Crippen LogP contribution in [0.4, 0.5) is 0 Å². The van der Waals surface area contributed by atoms with Gasteiger partial charge in [-0.15, -0.1) is 0 Å².